The molecule has 0 spiro atoms. The van der Waals surface area contributed by atoms with Crippen LogP contribution >= 0.6 is 12.2 Å². The molecule has 2 aliphatic heterocycles. The third-order valence-electron chi connectivity index (χ3n) is 1.45. The molecule has 0 bridgehead atoms. The van der Waals surface area contributed by atoms with E-state index in [1.54, 1.807) is 0 Å². The van der Waals surface area contributed by atoms with Crippen LogP contribution in [0.5, 0.6) is 0 Å². The van der Waals surface area contributed by atoms with Crippen LogP contribution in [0.25, 0.3) is 0 Å². The van der Waals surface area contributed by atoms with Gasteiger partial charge in [-0.25, -0.2) is 9.79 Å². The number of fused-ring (bicyclic) bond motifs is 1. The van der Waals surface area contributed by atoms with E-state index >= 15 is 0 Å². The number of carboxylic acid groups (broad SMARTS) is 1. The van der Waals surface area contributed by atoms with Gasteiger partial charge in [0.25, 0.3) is 0 Å². The fourth-order valence-corrected chi connectivity index (χ4v) is 1.05. The number of rotatable bonds is 1. The number of amidine groups is 1. The lowest BCUT2D eigenvalue weighted by Gasteiger charge is -1.99. The van der Waals surface area contributed by atoms with Crippen molar-refractivity contribution in [2.75, 3.05) is 0 Å². The zero-order valence-corrected chi connectivity index (χ0v) is 6.95. The van der Waals surface area contributed by atoms with E-state index in [1.807, 2.05) is 0 Å². The standard InChI is InChI=1S/C6H2N4O2S/c11-5(12)3-2-1-7-6(13)8-4(2)10-9-3/h1H,(H,11,12). The van der Waals surface area contributed by atoms with Crippen LogP contribution in [0.4, 0.5) is 0 Å². The lowest BCUT2D eigenvalue weighted by Crippen LogP contribution is -2.10. The SMILES string of the molecule is O=C(O)C1=C2C=NC(=S)N=C2N=N1. The summed E-state index contributed by atoms with van der Waals surface area (Å²) in [6.07, 6.45) is 1.31. The molecule has 1 N–H and O–H groups in total. The molecule has 0 fully saturated rings. The van der Waals surface area contributed by atoms with E-state index in [1.165, 1.54) is 6.21 Å². The van der Waals surface area contributed by atoms with Crippen molar-refractivity contribution in [3.63, 3.8) is 0 Å². The van der Waals surface area contributed by atoms with Crippen LogP contribution in [0.15, 0.2) is 31.5 Å². The topological polar surface area (TPSA) is 86.7 Å². The van der Waals surface area contributed by atoms with Crippen molar-refractivity contribution in [1.82, 2.24) is 0 Å². The van der Waals surface area contributed by atoms with Crippen molar-refractivity contribution >= 4 is 35.3 Å². The summed E-state index contributed by atoms with van der Waals surface area (Å²) in [4.78, 5) is 18.0. The third-order valence-corrected chi connectivity index (χ3v) is 1.65. The lowest BCUT2D eigenvalue weighted by molar-refractivity contribution is -0.132. The molecule has 64 valence electrons. The first kappa shape index (κ1) is 7.87. The average molecular weight is 194 g/mol. The van der Waals surface area contributed by atoms with Crippen molar-refractivity contribution in [2.24, 2.45) is 20.2 Å². The zero-order chi connectivity index (χ0) is 9.42. The predicted molar refractivity (Wildman–Crippen MR) is 48.0 cm³/mol. The summed E-state index contributed by atoms with van der Waals surface area (Å²) in [5.74, 6) is -0.930. The number of aliphatic carboxylic acids is 1. The van der Waals surface area contributed by atoms with Crippen LogP contribution in [0, 0.1) is 0 Å². The number of azo groups is 1. The number of thiocarbonyl (C=S) groups is 1. The molecule has 0 unspecified atom stereocenters. The maximum Gasteiger partial charge on any atom is 0.357 e. The first-order valence-corrected chi connectivity index (χ1v) is 3.66. The molecule has 0 radical (unpaired) electrons. The molecule has 0 amide bonds. The summed E-state index contributed by atoms with van der Waals surface area (Å²) >= 11 is 4.68. The predicted octanol–water partition coefficient (Wildman–Crippen LogP) is 0.559. The number of nitrogens with zero attached hydrogens (tertiary/aromatic N) is 4. The maximum absolute atomic E-state index is 10.6. The number of hydrogen-bond acceptors (Lipinski definition) is 4. The Hall–Kier alpha value is -1.76. The van der Waals surface area contributed by atoms with Crippen LogP contribution in [0.2, 0.25) is 0 Å². The molecule has 0 saturated carbocycles. The molecule has 2 heterocycles. The van der Waals surface area contributed by atoms with Crippen molar-refractivity contribution in [3.8, 4) is 0 Å². The van der Waals surface area contributed by atoms with Gasteiger partial charge >= 0.3 is 5.97 Å². The average Bonchev–Trinajstić information content (AvgIpc) is 2.46. The van der Waals surface area contributed by atoms with Gasteiger partial charge in [0, 0.05) is 6.21 Å². The number of carbonyl (C=O) groups is 1. The van der Waals surface area contributed by atoms with Crippen LogP contribution in [-0.4, -0.2) is 28.2 Å². The van der Waals surface area contributed by atoms with Crippen LogP contribution in [0.1, 0.15) is 0 Å². The first-order chi connectivity index (χ1) is 6.18. The van der Waals surface area contributed by atoms with Gasteiger partial charge in [0.1, 0.15) is 0 Å². The van der Waals surface area contributed by atoms with E-state index in [0.717, 1.165) is 0 Å². The molecule has 0 saturated heterocycles. The minimum Gasteiger partial charge on any atom is -0.476 e. The van der Waals surface area contributed by atoms with Gasteiger partial charge in [-0.1, -0.05) is 0 Å². The van der Waals surface area contributed by atoms with Crippen molar-refractivity contribution in [1.29, 1.82) is 0 Å². The van der Waals surface area contributed by atoms with Crippen LogP contribution in [-0.2, 0) is 4.79 Å². The molecule has 0 atom stereocenters. The summed E-state index contributed by atoms with van der Waals surface area (Å²) in [6, 6.07) is 0. The maximum atomic E-state index is 10.6. The molecule has 2 rings (SSSR count). The Balaban J connectivity index is 2.54. The van der Waals surface area contributed by atoms with Gasteiger partial charge in [-0.05, 0) is 12.2 Å². The molecule has 0 aliphatic carbocycles. The van der Waals surface area contributed by atoms with E-state index < -0.39 is 5.97 Å². The minimum atomic E-state index is -1.15. The summed E-state index contributed by atoms with van der Waals surface area (Å²) in [7, 11) is 0. The smallest absolute Gasteiger partial charge is 0.357 e. The molecule has 6 nitrogen and oxygen atoms in total. The second-order valence-corrected chi connectivity index (χ2v) is 2.61. The summed E-state index contributed by atoms with van der Waals surface area (Å²) in [5.41, 5.74) is 0.158. The highest BCUT2D eigenvalue weighted by atomic mass is 32.1. The summed E-state index contributed by atoms with van der Waals surface area (Å²) < 4.78 is 0. The van der Waals surface area contributed by atoms with Crippen LogP contribution < -0.4 is 0 Å². The Morgan fingerprint density at radius 2 is 2.23 bits per heavy atom. The van der Waals surface area contributed by atoms with Gasteiger partial charge in [-0.3, -0.25) is 0 Å². The molecule has 0 aromatic carbocycles. The van der Waals surface area contributed by atoms with Crippen molar-refractivity contribution in [2.45, 2.75) is 0 Å². The molecule has 7 heteroatoms. The largest absolute Gasteiger partial charge is 0.476 e. The lowest BCUT2D eigenvalue weighted by atomic mass is 10.2. The molecule has 0 aromatic rings. The number of aliphatic imine (C=N–C) groups is 2. The molecule has 0 aromatic heterocycles. The Morgan fingerprint density at radius 1 is 1.46 bits per heavy atom. The molecular weight excluding hydrogens is 192 g/mol. The van der Waals surface area contributed by atoms with E-state index in [4.69, 9.17) is 5.11 Å². The minimum absolute atomic E-state index is 0.129. The highest BCUT2D eigenvalue weighted by molar-refractivity contribution is 7.80. The molecule has 2 aliphatic rings. The first-order valence-electron chi connectivity index (χ1n) is 3.25. The van der Waals surface area contributed by atoms with Gasteiger partial charge in [-0.2, -0.15) is 4.99 Å². The Bertz CT molecular complexity index is 432. The third kappa shape index (κ3) is 1.18. The van der Waals surface area contributed by atoms with Crippen molar-refractivity contribution < 1.29 is 9.90 Å². The fourth-order valence-electron chi connectivity index (χ4n) is 0.910. The number of hydrogen-bond donors (Lipinski definition) is 1. The normalized spacial score (nSPS) is 19.1. The Morgan fingerprint density at radius 3 is 2.92 bits per heavy atom. The highest BCUT2D eigenvalue weighted by Crippen LogP contribution is 2.19. The monoisotopic (exact) mass is 194 g/mol. The Labute approximate surface area is 77.4 Å². The van der Waals surface area contributed by atoms with Gasteiger partial charge in [0.15, 0.2) is 11.5 Å². The molecular formula is C6H2N4O2S. The van der Waals surface area contributed by atoms with E-state index in [-0.39, 0.29) is 16.6 Å². The van der Waals surface area contributed by atoms with Gasteiger partial charge < -0.3 is 5.11 Å². The molecule has 13 heavy (non-hydrogen) atoms. The van der Waals surface area contributed by atoms with E-state index in [2.05, 4.69) is 32.4 Å². The van der Waals surface area contributed by atoms with Crippen LogP contribution in [0.3, 0.4) is 0 Å². The summed E-state index contributed by atoms with van der Waals surface area (Å²) in [6.45, 7) is 0. The van der Waals surface area contributed by atoms with Gasteiger partial charge in [-0.15, -0.1) is 10.2 Å². The summed E-state index contributed by atoms with van der Waals surface area (Å²) in [5, 5.41) is 15.8. The fraction of sp³-hybridized carbons (Fsp3) is 0. The van der Waals surface area contributed by atoms with E-state index in [0.29, 0.717) is 5.57 Å². The second kappa shape index (κ2) is 2.63. The zero-order valence-electron chi connectivity index (χ0n) is 6.13. The van der Waals surface area contributed by atoms with E-state index in [9.17, 15) is 4.79 Å². The second-order valence-electron chi connectivity index (χ2n) is 2.24. The number of carboxylic acids is 1. The quantitative estimate of drug-likeness (QED) is 0.618. The van der Waals surface area contributed by atoms with Gasteiger partial charge in [0.2, 0.25) is 5.11 Å². The highest BCUT2D eigenvalue weighted by Gasteiger charge is 2.25. The van der Waals surface area contributed by atoms with Gasteiger partial charge in [0.05, 0.1) is 5.57 Å². The Kier molecular flexibility index (Phi) is 1.59. The van der Waals surface area contributed by atoms with Crippen molar-refractivity contribution in [3.05, 3.63) is 11.3 Å².